The van der Waals surface area contributed by atoms with E-state index in [1.165, 1.54) is 18.2 Å². The van der Waals surface area contributed by atoms with E-state index in [4.69, 9.17) is 0 Å². The molecule has 0 atom stereocenters. The minimum absolute atomic E-state index is 0.125. The quantitative estimate of drug-likeness (QED) is 0.547. The monoisotopic (exact) mass is 219 g/mol. The Bertz CT molecular complexity index is 449. The number of carbonyl (C=O) groups is 4. The third kappa shape index (κ3) is 2.44. The van der Waals surface area contributed by atoms with Crippen molar-refractivity contribution in [1.82, 2.24) is 4.98 Å². The molecule has 1 heterocycles. The largest absolute Gasteiger partial charge is 0.291 e. The van der Waals surface area contributed by atoms with Gasteiger partial charge in [-0.2, -0.15) is 0 Å². The lowest BCUT2D eigenvalue weighted by molar-refractivity contribution is -0.113. The Morgan fingerprint density at radius 1 is 0.875 bits per heavy atom. The Kier molecular flexibility index (Phi) is 3.40. The first kappa shape index (κ1) is 11.9. The van der Waals surface area contributed by atoms with E-state index in [0.29, 0.717) is 0 Å². The first-order chi connectivity index (χ1) is 7.43. The second-order valence-electron chi connectivity index (χ2n) is 3.18. The van der Waals surface area contributed by atoms with Crippen molar-refractivity contribution >= 4 is 23.1 Å². The molecule has 0 unspecified atom stereocenters. The Hall–Kier alpha value is -2.17. The van der Waals surface area contributed by atoms with Gasteiger partial charge in [-0.25, -0.2) is 4.98 Å². The number of aromatic nitrogens is 1. The zero-order valence-corrected chi connectivity index (χ0v) is 8.81. The Morgan fingerprint density at radius 3 is 1.56 bits per heavy atom. The smallest absolute Gasteiger partial charge is 0.246 e. The normalized spacial score (nSPS) is 9.62. The third-order valence-corrected chi connectivity index (χ3v) is 1.85. The van der Waals surface area contributed by atoms with Crippen LogP contribution in [0, 0.1) is 0 Å². The summed E-state index contributed by atoms with van der Waals surface area (Å²) in [6.07, 6.45) is 0. The molecule has 0 bridgehead atoms. The zero-order valence-electron chi connectivity index (χ0n) is 8.81. The van der Waals surface area contributed by atoms with E-state index in [2.05, 4.69) is 4.98 Å². The maximum atomic E-state index is 11.3. The molecule has 0 fully saturated rings. The van der Waals surface area contributed by atoms with Crippen molar-refractivity contribution in [2.75, 3.05) is 0 Å². The van der Waals surface area contributed by atoms with E-state index in [9.17, 15) is 19.2 Å². The van der Waals surface area contributed by atoms with Gasteiger partial charge in [0.1, 0.15) is 11.4 Å². The molecule has 0 aliphatic heterocycles. The summed E-state index contributed by atoms with van der Waals surface area (Å²) in [5, 5.41) is 0. The molecule has 5 heteroatoms. The van der Waals surface area contributed by atoms with Crippen molar-refractivity contribution in [2.24, 2.45) is 0 Å². The highest BCUT2D eigenvalue weighted by Gasteiger charge is 2.17. The van der Waals surface area contributed by atoms with Crippen molar-refractivity contribution in [3.05, 3.63) is 29.6 Å². The lowest BCUT2D eigenvalue weighted by Crippen LogP contribution is -2.16. The molecule has 0 saturated carbocycles. The van der Waals surface area contributed by atoms with Gasteiger partial charge >= 0.3 is 0 Å². The van der Waals surface area contributed by atoms with Crippen LogP contribution in [0.25, 0.3) is 0 Å². The SMILES string of the molecule is CC(=O)C(=O)c1cccc(C(=O)C(C)=O)n1. The highest BCUT2D eigenvalue weighted by molar-refractivity contribution is 6.44. The molecule has 0 aliphatic carbocycles. The summed E-state index contributed by atoms with van der Waals surface area (Å²) in [5.74, 6) is -2.89. The van der Waals surface area contributed by atoms with Crippen molar-refractivity contribution < 1.29 is 19.2 Å². The highest BCUT2D eigenvalue weighted by atomic mass is 16.2. The molecule has 0 radical (unpaired) electrons. The molecule has 0 aliphatic rings. The summed E-state index contributed by atoms with van der Waals surface area (Å²) >= 11 is 0. The summed E-state index contributed by atoms with van der Waals surface area (Å²) in [5.41, 5.74) is -0.251. The van der Waals surface area contributed by atoms with Crippen LogP contribution in [0.15, 0.2) is 18.2 Å². The van der Waals surface area contributed by atoms with Crippen LogP contribution >= 0.6 is 0 Å². The maximum absolute atomic E-state index is 11.3. The summed E-state index contributed by atoms with van der Waals surface area (Å²) in [7, 11) is 0. The minimum atomic E-state index is -0.779. The molecule has 82 valence electrons. The summed E-state index contributed by atoms with van der Waals surface area (Å²) in [6.45, 7) is 2.23. The van der Waals surface area contributed by atoms with E-state index in [1.807, 2.05) is 0 Å². The molecule has 1 rings (SSSR count). The maximum Gasteiger partial charge on any atom is 0.246 e. The number of carbonyl (C=O) groups excluding carboxylic acids is 4. The molecule has 0 saturated heterocycles. The molecule has 1 aromatic heterocycles. The molecule has 0 spiro atoms. The Labute approximate surface area is 91.5 Å². The first-order valence-electron chi connectivity index (χ1n) is 4.51. The van der Waals surface area contributed by atoms with Crippen LogP contribution in [0.2, 0.25) is 0 Å². The van der Waals surface area contributed by atoms with Gasteiger partial charge in [0, 0.05) is 13.8 Å². The average molecular weight is 219 g/mol. The fourth-order valence-corrected chi connectivity index (χ4v) is 1.05. The number of ketones is 4. The predicted molar refractivity (Wildman–Crippen MR) is 54.3 cm³/mol. The fraction of sp³-hybridized carbons (Fsp3) is 0.182. The molecular weight excluding hydrogens is 210 g/mol. The van der Waals surface area contributed by atoms with Crippen molar-refractivity contribution in [1.29, 1.82) is 0 Å². The summed E-state index contributed by atoms with van der Waals surface area (Å²) < 4.78 is 0. The predicted octanol–water partition coefficient (Wildman–Crippen LogP) is 0.625. The number of pyridine rings is 1. The van der Waals surface area contributed by atoms with Crippen molar-refractivity contribution in [3.8, 4) is 0 Å². The van der Waals surface area contributed by atoms with Gasteiger partial charge in [0.2, 0.25) is 23.1 Å². The van der Waals surface area contributed by atoms with E-state index >= 15 is 0 Å². The molecule has 1 aromatic rings. The molecule has 0 aromatic carbocycles. The first-order valence-corrected chi connectivity index (χ1v) is 4.51. The number of Topliss-reactive ketones (excluding diaryl/α,β-unsaturated/α-hetero) is 4. The van der Waals surface area contributed by atoms with E-state index in [-0.39, 0.29) is 11.4 Å². The zero-order chi connectivity index (χ0) is 12.3. The lowest BCUT2D eigenvalue weighted by atomic mass is 10.1. The van der Waals surface area contributed by atoms with Crippen LogP contribution in [-0.2, 0) is 9.59 Å². The fourth-order valence-electron chi connectivity index (χ4n) is 1.05. The molecule has 0 amide bonds. The summed E-state index contributed by atoms with van der Waals surface area (Å²) in [6, 6.07) is 4.04. The minimum Gasteiger partial charge on any atom is -0.291 e. The Morgan fingerprint density at radius 2 is 1.25 bits per heavy atom. The van der Waals surface area contributed by atoms with Crippen LogP contribution in [0.5, 0.6) is 0 Å². The van der Waals surface area contributed by atoms with Gasteiger partial charge in [0.25, 0.3) is 0 Å². The van der Waals surface area contributed by atoms with Crippen LogP contribution in [0.4, 0.5) is 0 Å². The van der Waals surface area contributed by atoms with Gasteiger partial charge in [-0.05, 0) is 12.1 Å². The molecule has 0 N–H and O–H groups in total. The standard InChI is InChI=1S/C11H9NO4/c1-6(13)10(15)8-4-3-5-9(12-8)11(16)7(2)14/h3-5H,1-2H3. The Balaban J connectivity index is 3.14. The number of hydrogen-bond donors (Lipinski definition) is 0. The lowest BCUT2D eigenvalue weighted by Gasteiger charge is -1.99. The van der Waals surface area contributed by atoms with Crippen LogP contribution in [0.3, 0.4) is 0 Å². The van der Waals surface area contributed by atoms with Gasteiger partial charge in [-0.15, -0.1) is 0 Å². The van der Waals surface area contributed by atoms with Gasteiger partial charge < -0.3 is 0 Å². The van der Waals surface area contributed by atoms with E-state index in [0.717, 1.165) is 13.8 Å². The summed E-state index contributed by atoms with van der Waals surface area (Å²) in [4.78, 5) is 47.9. The second kappa shape index (κ2) is 4.57. The molecular formula is C11H9NO4. The van der Waals surface area contributed by atoms with Gasteiger partial charge in [0.15, 0.2) is 0 Å². The molecule has 5 nitrogen and oxygen atoms in total. The molecule has 16 heavy (non-hydrogen) atoms. The average Bonchev–Trinajstić information content (AvgIpc) is 2.26. The van der Waals surface area contributed by atoms with E-state index in [1.54, 1.807) is 0 Å². The van der Waals surface area contributed by atoms with Gasteiger partial charge in [-0.1, -0.05) is 6.07 Å². The van der Waals surface area contributed by atoms with E-state index < -0.39 is 23.1 Å². The number of rotatable bonds is 4. The van der Waals surface area contributed by atoms with Gasteiger partial charge in [0.05, 0.1) is 0 Å². The van der Waals surface area contributed by atoms with Crippen molar-refractivity contribution in [2.45, 2.75) is 13.8 Å². The van der Waals surface area contributed by atoms with Crippen LogP contribution in [0.1, 0.15) is 34.8 Å². The number of hydrogen-bond acceptors (Lipinski definition) is 5. The van der Waals surface area contributed by atoms with Gasteiger partial charge in [-0.3, -0.25) is 19.2 Å². The van der Waals surface area contributed by atoms with Crippen molar-refractivity contribution in [3.63, 3.8) is 0 Å². The van der Waals surface area contributed by atoms with Crippen LogP contribution < -0.4 is 0 Å². The third-order valence-electron chi connectivity index (χ3n) is 1.85. The second-order valence-corrected chi connectivity index (χ2v) is 3.18. The van der Waals surface area contributed by atoms with Crippen LogP contribution in [-0.4, -0.2) is 28.1 Å². The highest BCUT2D eigenvalue weighted by Crippen LogP contribution is 2.03. The topological polar surface area (TPSA) is 81.2 Å². The number of nitrogens with zero attached hydrogens (tertiary/aromatic N) is 1.